The first-order valence-corrected chi connectivity index (χ1v) is 6.29. The van der Waals surface area contributed by atoms with E-state index < -0.39 is 4.92 Å². The number of nitrogens with zero attached hydrogens (tertiary/aromatic N) is 3. The van der Waals surface area contributed by atoms with Gasteiger partial charge in [0, 0.05) is 26.7 Å². The van der Waals surface area contributed by atoms with E-state index in [4.69, 9.17) is 4.74 Å². The minimum atomic E-state index is -0.414. The summed E-state index contributed by atoms with van der Waals surface area (Å²) >= 11 is 0. The van der Waals surface area contributed by atoms with Crippen LogP contribution in [0.4, 0.5) is 17.3 Å². The summed E-state index contributed by atoms with van der Waals surface area (Å²) in [5.74, 6) is 1.07. The highest BCUT2D eigenvalue weighted by Gasteiger charge is 2.14. The van der Waals surface area contributed by atoms with Crippen molar-refractivity contribution in [3.05, 3.63) is 22.2 Å². The molecule has 19 heavy (non-hydrogen) atoms. The Balaban J connectivity index is 2.94. The Kier molecular flexibility index (Phi) is 6.01. The van der Waals surface area contributed by atoms with Crippen LogP contribution in [0.3, 0.4) is 0 Å². The second kappa shape index (κ2) is 7.52. The van der Waals surface area contributed by atoms with Crippen molar-refractivity contribution in [3.8, 4) is 0 Å². The lowest BCUT2D eigenvalue weighted by Crippen LogP contribution is -2.28. The monoisotopic (exact) mass is 268 g/mol. The molecule has 0 saturated heterocycles. The lowest BCUT2D eigenvalue weighted by Gasteiger charge is -2.22. The third kappa shape index (κ3) is 4.36. The molecule has 0 saturated carbocycles. The molecule has 0 unspecified atom stereocenters. The first kappa shape index (κ1) is 15.2. The highest BCUT2D eigenvalue weighted by Crippen LogP contribution is 2.22. The van der Waals surface area contributed by atoms with E-state index in [9.17, 15) is 10.1 Å². The molecule has 0 fully saturated rings. The van der Waals surface area contributed by atoms with Crippen LogP contribution in [0.1, 0.15) is 13.8 Å². The van der Waals surface area contributed by atoms with E-state index in [0.717, 1.165) is 0 Å². The van der Waals surface area contributed by atoms with Crippen LogP contribution < -0.4 is 10.2 Å². The summed E-state index contributed by atoms with van der Waals surface area (Å²) in [4.78, 5) is 16.8. The van der Waals surface area contributed by atoms with Crippen LogP contribution in [0.2, 0.25) is 0 Å². The van der Waals surface area contributed by atoms with E-state index >= 15 is 0 Å². The Labute approximate surface area is 112 Å². The molecule has 0 amide bonds. The molecule has 1 heterocycles. The topological polar surface area (TPSA) is 80.5 Å². The van der Waals surface area contributed by atoms with Gasteiger partial charge in [-0.25, -0.2) is 4.98 Å². The summed E-state index contributed by atoms with van der Waals surface area (Å²) in [6.45, 7) is 6.50. The lowest BCUT2D eigenvalue weighted by molar-refractivity contribution is -0.384. The Hall–Kier alpha value is -1.89. The maximum absolute atomic E-state index is 10.9. The molecule has 0 aliphatic rings. The molecular weight excluding hydrogens is 248 g/mol. The Morgan fingerprint density at radius 2 is 2.21 bits per heavy atom. The second-order valence-electron chi connectivity index (χ2n) is 3.85. The van der Waals surface area contributed by atoms with Gasteiger partial charge in [-0.2, -0.15) is 0 Å². The Morgan fingerprint density at radius 3 is 2.74 bits per heavy atom. The van der Waals surface area contributed by atoms with E-state index in [0.29, 0.717) is 37.9 Å². The minimum absolute atomic E-state index is 0.0317. The van der Waals surface area contributed by atoms with Gasteiger partial charge in [0.2, 0.25) is 0 Å². The minimum Gasteiger partial charge on any atom is -0.380 e. The number of aromatic nitrogens is 1. The van der Waals surface area contributed by atoms with Crippen LogP contribution in [-0.2, 0) is 4.74 Å². The summed E-state index contributed by atoms with van der Waals surface area (Å²) in [7, 11) is 1.69. The molecule has 0 spiro atoms. The molecule has 1 rings (SSSR count). The summed E-state index contributed by atoms with van der Waals surface area (Å²) in [5.41, 5.74) is 0.0317. The van der Waals surface area contributed by atoms with Crippen LogP contribution in [0, 0.1) is 10.1 Å². The standard InChI is InChI=1S/C12H20N4O3/c1-4-15(6-7-19-5-2)12-9-10(16(17)18)8-11(13-3)14-12/h8-9H,4-7H2,1-3H3,(H,13,14). The van der Waals surface area contributed by atoms with Gasteiger partial charge < -0.3 is 15.0 Å². The SMILES string of the molecule is CCOCCN(CC)c1cc([N+](=O)[O-])cc(NC)n1. The van der Waals surface area contributed by atoms with Crippen molar-refractivity contribution in [1.29, 1.82) is 0 Å². The molecule has 0 aliphatic carbocycles. The maximum atomic E-state index is 10.9. The van der Waals surface area contributed by atoms with Gasteiger partial charge in [0.1, 0.15) is 11.6 Å². The summed E-state index contributed by atoms with van der Waals surface area (Å²) in [6.07, 6.45) is 0. The summed E-state index contributed by atoms with van der Waals surface area (Å²) in [6, 6.07) is 2.90. The van der Waals surface area contributed by atoms with Gasteiger partial charge in [0.15, 0.2) is 0 Å². The predicted molar refractivity (Wildman–Crippen MR) is 74.8 cm³/mol. The van der Waals surface area contributed by atoms with Gasteiger partial charge in [-0.05, 0) is 13.8 Å². The van der Waals surface area contributed by atoms with Gasteiger partial charge in [-0.1, -0.05) is 0 Å². The van der Waals surface area contributed by atoms with Crippen molar-refractivity contribution in [2.45, 2.75) is 13.8 Å². The van der Waals surface area contributed by atoms with Gasteiger partial charge in [-0.3, -0.25) is 10.1 Å². The Morgan fingerprint density at radius 1 is 1.47 bits per heavy atom. The van der Waals surface area contributed by atoms with Gasteiger partial charge >= 0.3 is 0 Å². The molecule has 0 radical (unpaired) electrons. The number of ether oxygens (including phenoxy) is 1. The molecule has 7 nitrogen and oxygen atoms in total. The van der Waals surface area contributed by atoms with E-state index in [1.807, 2.05) is 18.7 Å². The summed E-state index contributed by atoms with van der Waals surface area (Å²) < 4.78 is 5.30. The number of anilines is 2. The number of nitro groups is 1. The van der Waals surface area contributed by atoms with Crippen LogP contribution >= 0.6 is 0 Å². The molecule has 7 heteroatoms. The number of rotatable bonds is 8. The van der Waals surface area contributed by atoms with E-state index in [-0.39, 0.29) is 5.69 Å². The smallest absolute Gasteiger partial charge is 0.276 e. The van der Waals surface area contributed by atoms with Crippen LogP contribution in [0.25, 0.3) is 0 Å². The number of likely N-dealkylation sites (N-methyl/N-ethyl adjacent to an activating group) is 1. The van der Waals surface area contributed by atoms with Crippen molar-refractivity contribution < 1.29 is 9.66 Å². The van der Waals surface area contributed by atoms with Gasteiger partial charge in [-0.15, -0.1) is 0 Å². The largest absolute Gasteiger partial charge is 0.380 e. The number of hydrogen-bond donors (Lipinski definition) is 1. The van der Waals surface area contributed by atoms with Crippen molar-refractivity contribution >= 4 is 17.3 Å². The fraction of sp³-hybridized carbons (Fsp3) is 0.583. The van der Waals surface area contributed by atoms with Gasteiger partial charge in [0.25, 0.3) is 5.69 Å². The molecule has 1 aromatic rings. The van der Waals surface area contributed by atoms with Crippen molar-refractivity contribution in [1.82, 2.24) is 4.98 Å². The van der Waals surface area contributed by atoms with E-state index in [1.54, 1.807) is 7.05 Å². The third-order valence-corrected chi connectivity index (χ3v) is 2.68. The summed E-state index contributed by atoms with van der Waals surface area (Å²) in [5, 5.41) is 13.7. The second-order valence-corrected chi connectivity index (χ2v) is 3.85. The number of nitrogens with one attached hydrogen (secondary N) is 1. The maximum Gasteiger partial charge on any atom is 0.276 e. The van der Waals surface area contributed by atoms with Crippen molar-refractivity contribution in [2.24, 2.45) is 0 Å². The van der Waals surface area contributed by atoms with Crippen LogP contribution in [0.15, 0.2) is 12.1 Å². The fourth-order valence-corrected chi connectivity index (χ4v) is 1.65. The molecule has 1 N–H and O–H groups in total. The number of pyridine rings is 1. The quantitative estimate of drug-likeness (QED) is 0.440. The zero-order chi connectivity index (χ0) is 14.3. The average Bonchev–Trinajstić information content (AvgIpc) is 2.43. The molecule has 0 aliphatic heterocycles. The van der Waals surface area contributed by atoms with E-state index in [1.165, 1.54) is 12.1 Å². The van der Waals surface area contributed by atoms with Crippen molar-refractivity contribution in [3.63, 3.8) is 0 Å². The van der Waals surface area contributed by atoms with E-state index in [2.05, 4.69) is 10.3 Å². The third-order valence-electron chi connectivity index (χ3n) is 2.68. The molecule has 0 bridgehead atoms. The molecular formula is C12H20N4O3. The van der Waals surface area contributed by atoms with Gasteiger partial charge in [0.05, 0.1) is 23.7 Å². The first-order chi connectivity index (χ1) is 9.12. The average molecular weight is 268 g/mol. The van der Waals surface area contributed by atoms with Crippen LogP contribution in [-0.4, -0.2) is 43.3 Å². The number of hydrogen-bond acceptors (Lipinski definition) is 6. The normalized spacial score (nSPS) is 10.3. The van der Waals surface area contributed by atoms with Crippen LogP contribution in [0.5, 0.6) is 0 Å². The Bertz CT molecular complexity index is 425. The zero-order valence-corrected chi connectivity index (χ0v) is 11.5. The van der Waals surface area contributed by atoms with Crippen molar-refractivity contribution in [2.75, 3.05) is 43.6 Å². The highest BCUT2D eigenvalue weighted by atomic mass is 16.6. The molecule has 106 valence electrons. The first-order valence-electron chi connectivity index (χ1n) is 6.29. The highest BCUT2D eigenvalue weighted by molar-refractivity contribution is 5.55. The fourth-order valence-electron chi connectivity index (χ4n) is 1.65. The predicted octanol–water partition coefficient (Wildman–Crippen LogP) is 1.89. The lowest BCUT2D eigenvalue weighted by atomic mass is 10.3. The zero-order valence-electron chi connectivity index (χ0n) is 11.5. The molecule has 0 aromatic carbocycles. The molecule has 0 atom stereocenters. The molecule has 1 aromatic heterocycles.